The fourth-order valence-corrected chi connectivity index (χ4v) is 1.71. The summed E-state index contributed by atoms with van der Waals surface area (Å²) in [5.41, 5.74) is 0.171. The van der Waals surface area contributed by atoms with Gasteiger partial charge in [-0.2, -0.15) is 0 Å². The summed E-state index contributed by atoms with van der Waals surface area (Å²) in [5.74, 6) is -2.14. The third-order valence-corrected chi connectivity index (χ3v) is 2.82. The molecule has 0 aliphatic rings. The number of carboxylic acid groups (broad SMARTS) is 1. The molecule has 0 aromatic heterocycles. The van der Waals surface area contributed by atoms with Crippen molar-refractivity contribution < 1.29 is 19.1 Å². The molecular weight excluding hydrogens is 328 g/mol. The number of benzene rings is 1. The van der Waals surface area contributed by atoms with Crippen molar-refractivity contribution in [2.24, 2.45) is 0 Å². The molecule has 0 radical (unpaired) electrons. The summed E-state index contributed by atoms with van der Waals surface area (Å²) < 4.78 is 13.5. The Labute approximate surface area is 105 Å². The number of hydrogen-bond acceptors (Lipinski definition) is 2. The molecule has 1 aromatic rings. The summed E-state index contributed by atoms with van der Waals surface area (Å²) in [4.78, 5) is 23.2. The second kappa shape index (κ2) is 5.24. The zero-order valence-electron chi connectivity index (χ0n) is 8.41. The number of aliphatic carboxylic acids is 1. The summed E-state index contributed by atoms with van der Waals surface area (Å²) in [5, 5.41) is 8.53. The van der Waals surface area contributed by atoms with E-state index in [1.807, 2.05) is 22.6 Å². The fourth-order valence-electron chi connectivity index (χ4n) is 1.14. The van der Waals surface area contributed by atoms with Crippen LogP contribution in [-0.2, 0) is 4.79 Å². The normalized spacial score (nSPS) is 9.94. The van der Waals surface area contributed by atoms with E-state index in [4.69, 9.17) is 5.11 Å². The highest BCUT2D eigenvalue weighted by atomic mass is 127. The maximum Gasteiger partial charge on any atom is 0.323 e. The SMILES string of the molecule is CN(CC(=O)O)C(=O)c1cc(F)ccc1I. The number of rotatable bonds is 3. The molecule has 0 heterocycles. The van der Waals surface area contributed by atoms with Crippen molar-refractivity contribution in [1.82, 2.24) is 4.90 Å². The van der Waals surface area contributed by atoms with Gasteiger partial charge in [-0.25, -0.2) is 4.39 Å². The molecule has 4 nitrogen and oxygen atoms in total. The number of carbonyl (C=O) groups is 2. The zero-order chi connectivity index (χ0) is 12.3. The lowest BCUT2D eigenvalue weighted by atomic mass is 10.2. The lowest BCUT2D eigenvalue weighted by molar-refractivity contribution is -0.137. The molecule has 0 atom stereocenters. The molecule has 0 saturated heterocycles. The lowest BCUT2D eigenvalue weighted by Gasteiger charge is -2.15. The van der Waals surface area contributed by atoms with Crippen LogP contribution in [0.25, 0.3) is 0 Å². The van der Waals surface area contributed by atoms with Crippen molar-refractivity contribution >= 4 is 34.5 Å². The molecular formula is C10H9FINO3. The summed E-state index contributed by atoms with van der Waals surface area (Å²) in [6, 6.07) is 3.82. The van der Waals surface area contributed by atoms with Gasteiger partial charge >= 0.3 is 5.97 Å². The molecule has 0 aliphatic carbocycles. The number of amides is 1. The Hall–Kier alpha value is -1.18. The van der Waals surface area contributed by atoms with Crippen LogP contribution < -0.4 is 0 Å². The Morgan fingerprint density at radius 1 is 1.50 bits per heavy atom. The second-order valence-corrected chi connectivity index (χ2v) is 4.34. The highest BCUT2D eigenvalue weighted by molar-refractivity contribution is 14.1. The minimum absolute atomic E-state index is 0.171. The van der Waals surface area contributed by atoms with Crippen LogP contribution >= 0.6 is 22.6 Å². The zero-order valence-corrected chi connectivity index (χ0v) is 10.6. The third kappa shape index (κ3) is 3.16. The number of carbonyl (C=O) groups excluding carboxylic acids is 1. The van der Waals surface area contributed by atoms with Gasteiger partial charge in [0.1, 0.15) is 12.4 Å². The second-order valence-electron chi connectivity index (χ2n) is 3.18. The highest BCUT2D eigenvalue weighted by Crippen LogP contribution is 2.15. The predicted molar refractivity (Wildman–Crippen MR) is 63.7 cm³/mol. The van der Waals surface area contributed by atoms with Gasteiger partial charge < -0.3 is 10.0 Å². The number of halogens is 2. The van der Waals surface area contributed by atoms with Crippen molar-refractivity contribution in [3.05, 3.63) is 33.1 Å². The van der Waals surface area contributed by atoms with Crippen LogP contribution in [0, 0.1) is 9.39 Å². The van der Waals surface area contributed by atoms with Gasteiger partial charge in [0.15, 0.2) is 0 Å². The highest BCUT2D eigenvalue weighted by Gasteiger charge is 2.17. The van der Waals surface area contributed by atoms with Gasteiger partial charge in [-0.3, -0.25) is 9.59 Å². The van der Waals surface area contributed by atoms with Crippen LogP contribution in [0.3, 0.4) is 0 Å². The molecule has 1 rings (SSSR count). The molecule has 1 amide bonds. The van der Waals surface area contributed by atoms with Crippen LogP contribution in [-0.4, -0.2) is 35.5 Å². The predicted octanol–water partition coefficient (Wildman–Crippen LogP) is 1.59. The van der Waals surface area contributed by atoms with Gasteiger partial charge in [-0.15, -0.1) is 0 Å². The van der Waals surface area contributed by atoms with Gasteiger partial charge in [0.2, 0.25) is 0 Å². The summed E-state index contributed by atoms with van der Waals surface area (Å²) in [6.45, 7) is -0.411. The van der Waals surface area contributed by atoms with E-state index < -0.39 is 24.2 Å². The Kier molecular flexibility index (Phi) is 4.22. The van der Waals surface area contributed by atoms with Gasteiger partial charge in [0.25, 0.3) is 5.91 Å². The summed E-state index contributed by atoms with van der Waals surface area (Å²) in [6.07, 6.45) is 0. The van der Waals surface area contributed by atoms with Gasteiger partial charge in [-0.1, -0.05) is 0 Å². The summed E-state index contributed by atoms with van der Waals surface area (Å²) in [7, 11) is 1.36. The van der Waals surface area contributed by atoms with Crippen molar-refractivity contribution in [3.63, 3.8) is 0 Å². The first-order valence-electron chi connectivity index (χ1n) is 4.34. The maximum absolute atomic E-state index is 12.9. The van der Waals surface area contributed by atoms with Gasteiger partial charge in [0, 0.05) is 10.6 Å². The van der Waals surface area contributed by atoms with Gasteiger partial charge in [-0.05, 0) is 40.8 Å². The number of hydrogen-bond donors (Lipinski definition) is 1. The van der Waals surface area contributed by atoms with Crippen molar-refractivity contribution in [2.75, 3.05) is 13.6 Å². The Morgan fingerprint density at radius 2 is 2.12 bits per heavy atom. The maximum atomic E-state index is 12.9. The Morgan fingerprint density at radius 3 is 2.69 bits per heavy atom. The fraction of sp³-hybridized carbons (Fsp3) is 0.200. The molecule has 0 saturated carbocycles. The van der Waals surface area contributed by atoms with Crippen LogP contribution in [0.4, 0.5) is 4.39 Å². The molecule has 0 unspecified atom stereocenters. The summed E-state index contributed by atoms with van der Waals surface area (Å²) >= 11 is 1.90. The monoisotopic (exact) mass is 337 g/mol. The first-order chi connectivity index (χ1) is 7.41. The molecule has 16 heavy (non-hydrogen) atoms. The van der Waals surface area contributed by atoms with Crippen LogP contribution in [0.15, 0.2) is 18.2 Å². The number of likely N-dealkylation sites (N-methyl/N-ethyl adjacent to an activating group) is 1. The minimum Gasteiger partial charge on any atom is -0.480 e. The minimum atomic E-state index is -1.11. The molecule has 0 spiro atoms. The topological polar surface area (TPSA) is 57.6 Å². The molecule has 0 bridgehead atoms. The molecule has 0 fully saturated rings. The van der Waals surface area contributed by atoms with E-state index in [1.54, 1.807) is 0 Å². The molecule has 1 aromatic carbocycles. The van der Waals surface area contributed by atoms with E-state index in [1.165, 1.54) is 19.2 Å². The lowest BCUT2D eigenvalue weighted by Crippen LogP contribution is -2.32. The van der Waals surface area contributed by atoms with Crippen molar-refractivity contribution in [3.8, 4) is 0 Å². The van der Waals surface area contributed by atoms with E-state index in [0.29, 0.717) is 3.57 Å². The van der Waals surface area contributed by atoms with Crippen LogP contribution in [0.2, 0.25) is 0 Å². The van der Waals surface area contributed by atoms with E-state index in [9.17, 15) is 14.0 Å². The molecule has 86 valence electrons. The third-order valence-electron chi connectivity index (χ3n) is 1.88. The number of nitrogens with zero attached hydrogens (tertiary/aromatic N) is 1. The van der Waals surface area contributed by atoms with E-state index >= 15 is 0 Å². The average Bonchev–Trinajstić information content (AvgIpc) is 2.19. The molecule has 0 aliphatic heterocycles. The average molecular weight is 337 g/mol. The van der Waals surface area contributed by atoms with Crippen molar-refractivity contribution in [2.45, 2.75) is 0 Å². The van der Waals surface area contributed by atoms with Crippen LogP contribution in [0.1, 0.15) is 10.4 Å². The standard InChI is InChI=1S/C10H9FINO3/c1-13(5-9(14)15)10(16)7-4-6(11)2-3-8(7)12/h2-4H,5H2,1H3,(H,14,15). The molecule has 6 heteroatoms. The Balaban J connectivity index is 2.95. The van der Waals surface area contributed by atoms with E-state index in [-0.39, 0.29) is 5.56 Å². The first kappa shape index (κ1) is 12.9. The first-order valence-corrected chi connectivity index (χ1v) is 5.42. The van der Waals surface area contributed by atoms with Crippen molar-refractivity contribution in [1.29, 1.82) is 0 Å². The number of carboxylic acids is 1. The molecule has 1 N–H and O–H groups in total. The quantitative estimate of drug-likeness (QED) is 0.853. The van der Waals surface area contributed by atoms with E-state index in [0.717, 1.165) is 11.0 Å². The Bertz CT molecular complexity index is 436. The largest absolute Gasteiger partial charge is 0.480 e. The van der Waals surface area contributed by atoms with E-state index in [2.05, 4.69) is 0 Å². The van der Waals surface area contributed by atoms with Gasteiger partial charge in [0.05, 0.1) is 5.56 Å². The smallest absolute Gasteiger partial charge is 0.323 e. The van der Waals surface area contributed by atoms with Crippen LogP contribution in [0.5, 0.6) is 0 Å².